The van der Waals surface area contributed by atoms with Crippen LogP contribution >= 0.6 is 23.2 Å². The third kappa shape index (κ3) is 4.78. The van der Waals surface area contributed by atoms with Gasteiger partial charge in [0.15, 0.2) is 0 Å². The second-order valence-electron chi connectivity index (χ2n) is 6.09. The third-order valence-electron chi connectivity index (χ3n) is 4.36. The molecule has 6 nitrogen and oxygen atoms in total. The molecule has 0 aromatic heterocycles. The first-order valence-electron chi connectivity index (χ1n) is 8.35. The summed E-state index contributed by atoms with van der Waals surface area (Å²) in [5.74, 6) is -0.0561. The van der Waals surface area contributed by atoms with E-state index in [-0.39, 0.29) is 11.6 Å². The highest BCUT2D eigenvalue weighted by atomic mass is 35.5. The van der Waals surface area contributed by atoms with Crippen LogP contribution in [0.4, 0.5) is 11.4 Å². The van der Waals surface area contributed by atoms with Crippen molar-refractivity contribution in [3.63, 3.8) is 0 Å². The number of piperazine rings is 1. The zero-order chi connectivity index (χ0) is 19.4. The van der Waals surface area contributed by atoms with E-state index in [9.17, 15) is 14.9 Å². The van der Waals surface area contributed by atoms with E-state index < -0.39 is 4.92 Å². The first-order chi connectivity index (χ1) is 12.9. The van der Waals surface area contributed by atoms with E-state index in [4.69, 9.17) is 23.2 Å². The number of nitrogens with zero attached hydrogens (tertiary/aromatic N) is 3. The minimum absolute atomic E-state index is 0.0371. The summed E-state index contributed by atoms with van der Waals surface area (Å²) in [6.07, 6.45) is 3.32. The Labute approximate surface area is 166 Å². The Balaban J connectivity index is 1.59. The molecular weight excluding hydrogens is 389 g/mol. The zero-order valence-electron chi connectivity index (χ0n) is 14.3. The van der Waals surface area contributed by atoms with Crippen LogP contribution in [-0.2, 0) is 4.79 Å². The molecule has 3 rings (SSSR count). The smallest absolute Gasteiger partial charge is 0.271 e. The number of amides is 1. The van der Waals surface area contributed by atoms with E-state index in [1.54, 1.807) is 35.3 Å². The lowest BCUT2D eigenvalue weighted by Crippen LogP contribution is -2.48. The topological polar surface area (TPSA) is 66.7 Å². The van der Waals surface area contributed by atoms with Crippen LogP contribution in [0, 0.1) is 10.1 Å². The summed E-state index contributed by atoms with van der Waals surface area (Å²) in [6, 6.07) is 11.7. The normalized spacial score (nSPS) is 14.6. The summed E-state index contributed by atoms with van der Waals surface area (Å²) in [7, 11) is 0. The summed E-state index contributed by atoms with van der Waals surface area (Å²) in [5.41, 5.74) is 1.61. The molecule has 0 saturated carbocycles. The molecule has 1 amide bonds. The number of carbonyl (C=O) groups is 1. The molecule has 1 aliphatic heterocycles. The Bertz CT molecular complexity index is 876. The number of nitro benzene ring substituents is 1. The maximum atomic E-state index is 12.4. The Kier molecular flexibility index (Phi) is 5.98. The fourth-order valence-corrected chi connectivity index (χ4v) is 3.30. The second kappa shape index (κ2) is 8.41. The van der Waals surface area contributed by atoms with Crippen molar-refractivity contribution in [2.45, 2.75) is 0 Å². The van der Waals surface area contributed by atoms with Gasteiger partial charge in [-0.3, -0.25) is 14.9 Å². The van der Waals surface area contributed by atoms with Crippen molar-refractivity contribution in [2.75, 3.05) is 31.1 Å². The largest absolute Gasteiger partial charge is 0.367 e. The first kappa shape index (κ1) is 19.2. The van der Waals surface area contributed by atoms with Crippen molar-refractivity contribution >= 4 is 46.6 Å². The molecule has 0 N–H and O–H groups in total. The lowest BCUT2D eigenvalue weighted by molar-refractivity contribution is -0.384. The van der Waals surface area contributed by atoms with Gasteiger partial charge < -0.3 is 9.80 Å². The van der Waals surface area contributed by atoms with Crippen molar-refractivity contribution in [2.24, 2.45) is 0 Å². The average molecular weight is 406 g/mol. The maximum Gasteiger partial charge on any atom is 0.271 e. The molecular formula is C19H17Cl2N3O3. The Morgan fingerprint density at radius 3 is 2.30 bits per heavy atom. The zero-order valence-corrected chi connectivity index (χ0v) is 15.9. The van der Waals surface area contributed by atoms with Crippen molar-refractivity contribution in [3.8, 4) is 0 Å². The summed E-state index contributed by atoms with van der Waals surface area (Å²) in [4.78, 5) is 26.5. The average Bonchev–Trinajstić information content (AvgIpc) is 2.67. The van der Waals surface area contributed by atoms with Gasteiger partial charge in [-0.05, 0) is 29.8 Å². The number of hydrogen-bond donors (Lipinski definition) is 0. The molecule has 0 radical (unpaired) electrons. The van der Waals surface area contributed by atoms with Crippen molar-refractivity contribution in [1.29, 1.82) is 0 Å². The van der Waals surface area contributed by atoms with Gasteiger partial charge in [-0.2, -0.15) is 0 Å². The van der Waals surface area contributed by atoms with Crippen LogP contribution in [0.5, 0.6) is 0 Å². The molecule has 0 aliphatic carbocycles. The van der Waals surface area contributed by atoms with Crippen LogP contribution in [0.1, 0.15) is 5.56 Å². The molecule has 1 fully saturated rings. The van der Waals surface area contributed by atoms with Crippen LogP contribution in [0.2, 0.25) is 10.0 Å². The fraction of sp³-hybridized carbons (Fsp3) is 0.211. The maximum absolute atomic E-state index is 12.4. The van der Waals surface area contributed by atoms with Crippen LogP contribution in [0.25, 0.3) is 6.08 Å². The Morgan fingerprint density at radius 1 is 1.04 bits per heavy atom. The van der Waals surface area contributed by atoms with E-state index in [0.717, 1.165) is 11.3 Å². The summed E-state index contributed by atoms with van der Waals surface area (Å²) < 4.78 is 0. The molecule has 0 atom stereocenters. The van der Waals surface area contributed by atoms with E-state index in [1.807, 2.05) is 17.0 Å². The lowest BCUT2D eigenvalue weighted by atomic mass is 10.2. The van der Waals surface area contributed by atoms with E-state index in [0.29, 0.717) is 36.2 Å². The number of nitro groups is 1. The van der Waals surface area contributed by atoms with E-state index >= 15 is 0 Å². The predicted octanol–water partition coefficient (Wildman–Crippen LogP) is 4.26. The summed E-state index contributed by atoms with van der Waals surface area (Å²) in [6.45, 7) is 2.32. The summed E-state index contributed by atoms with van der Waals surface area (Å²) >= 11 is 12.0. The number of carbonyl (C=O) groups excluding carboxylic acids is 1. The Hall–Kier alpha value is -2.57. The highest BCUT2D eigenvalue weighted by Gasteiger charge is 2.22. The van der Waals surface area contributed by atoms with Gasteiger partial charge in [-0.25, -0.2) is 0 Å². The standard InChI is InChI=1S/C19H17Cl2N3O3/c20-15-4-1-14(2-5-15)3-8-19(25)23-11-9-22(10-12-23)18-7-6-16(24(26)27)13-17(18)21/h1-8,13H,9-12H2. The second-order valence-corrected chi connectivity index (χ2v) is 6.93. The minimum atomic E-state index is -0.473. The molecule has 0 unspecified atom stereocenters. The van der Waals surface area contributed by atoms with Gasteiger partial charge in [0.05, 0.1) is 15.6 Å². The molecule has 2 aromatic carbocycles. The molecule has 8 heteroatoms. The SMILES string of the molecule is O=C(C=Cc1ccc(Cl)cc1)N1CCN(c2ccc([N+](=O)[O-])cc2Cl)CC1. The van der Waals surface area contributed by atoms with Crippen LogP contribution in [0.15, 0.2) is 48.5 Å². The third-order valence-corrected chi connectivity index (χ3v) is 4.92. The van der Waals surface area contributed by atoms with E-state index in [1.165, 1.54) is 12.1 Å². The minimum Gasteiger partial charge on any atom is -0.367 e. The molecule has 0 spiro atoms. The monoisotopic (exact) mass is 405 g/mol. The van der Waals surface area contributed by atoms with Gasteiger partial charge in [0.25, 0.3) is 5.69 Å². The number of benzene rings is 2. The van der Waals surface area contributed by atoms with Crippen molar-refractivity contribution in [1.82, 2.24) is 4.90 Å². The fourth-order valence-electron chi connectivity index (χ4n) is 2.88. The number of hydrogen-bond acceptors (Lipinski definition) is 4. The summed E-state index contributed by atoms with van der Waals surface area (Å²) in [5, 5.41) is 11.8. The predicted molar refractivity (Wildman–Crippen MR) is 107 cm³/mol. The van der Waals surface area contributed by atoms with Gasteiger partial charge in [0.2, 0.25) is 5.91 Å². The lowest BCUT2D eigenvalue weighted by Gasteiger charge is -2.36. The van der Waals surface area contributed by atoms with Gasteiger partial charge in [0, 0.05) is 49.4 Å². The molecule has 1 aliphatic rings. The molecule has 0 bridgehead atoms. The highest BCUT2D eigenvalue weighted by molar-refractivity contribution is 6.33. The van der Waals surface area contributed by atoms with Gasteiger partial charge in [0.1, 0.15) is 0 Å². The molecule has 2 aromatic rings. The Morgan fingerprint density at radius 2 is 1.70 bits per heavy atom. The van der Waals surface area contributed by atoms with Crippen LogP contribution in [-0.4, -0.2) is 41.9 Å². The molecule has 27 heavy (non-hydrogen) atoms. The number of halogens is 2. The number of anilines is 1. The van der Waals surface area contributed by atoms with Crippen molar-refractivity contribution < 1.29 is 9.72 Å². The number of non-ortho nitro benzene ring substituents is 1. The first-order valence-corrected chi connectivity index (χ1v) is 9.11. The number of rotatable bonds is 4. The molecule has 1 saturated heterocycles. The molecule has 1 heterocycles. The quantitative estimate of drug-likeness (QED) is 0.432. The molecule has 140 valence electrons. The van der Waals surface area contributed by atoms with Gasteiger partial charge in [-0.15, -0.1) is 0 Å². The van der Waals surface area contributed by atoms with Gasteiger partial charge >= 0.3 is 0 Å². The van der Waals surface area contributed by atoms with Crippen molar-refractivity contribution in [3.05, 3.63) is 74.3 Å². The highest BCUT2D eigenvalue weighted by Crippen LogP contribution is 2.30. The van der Waals surface area contributed by atoms with E-state index in [2.05, 4.69) is 0 Å². The van der Waals surface area contributed by atoms with Crippen LogP contribution in [0.3, 0.4) is 0 Å². The van der Waals surface area contributed by atoms with Gasteiger partial charge in [-0.1, -0.05) is 35.3 Å². The van der Waals surface area contributed by atoms with Crippen LogP contribution < -0.4 is 4.90 Å².